The van der Waals surface area contributed by atoms with Crippen LogP contribution in [0.3, 0.4) is 0 Å². The zero-order valence-corrected chi connectivity index (χ0v) is 12.1. The molecule has 8 heteroatoms. The lowest BCUT2D eigenvalue weighted by Gasteiger charge is -2.25. The smallest absolute Gasteiger partial charge is 0.332 e. The molecule has 0 radical (unpaired) electrons. The minimum atomic E-state index is -0.858. The largest absolute Gasteiger partial charge is 0.485 e. The second-order valence-corrected chi connectivity index (χ2v) is 5.55. The number of benzene rings is 1. The molecule has 3 aliphatic rings. The second kappa shape index (κ2) is 4.86. The van der Waals surface area contributed by atoms with E-state index in [0.29, 0.717) is 19.6 Å². The Morgan fingerprint density at radius 1 is 1.22 bits per heavy atom. The Morgan fingerprint density at radius 2 is 1.96 bits per heavy atom. The fraction of sp³-hybridized carbons (Fsp3) is 0.400. The number of carbonyl (C=O) groups is 2. The maximum absolute atomic E-state index is 12.6. The number of amides is 3. The van der Waals surface area contributed by atoms with Crippen LogP contribution in [-0.4, -0.2) is 53.8 Å². The average molecular weight is 315 g/mol. The SMILES string of the molecule is N#Cc1ccc(N2C(=O)C3C(O)CCN3C2=O)c2c1OCCO2. The predicted octanol–water partition coefficient (Wildman–Crippen LogP) is 0.231. The topological polar surface area (TPSA) is 103 Å². The van der Waals surface area contributed by atoms with Crippen molar-refractivity contribution in [2.45, 2.75) is 18.6 Å². The Labute approximate surface area is 131 Å². The highest BCUT2D eigenvalue weighted by Gasteiger charge is 2.53. The predicted molar refractivity (Wildman–Crippen MR) is 76.1 cm³/mol. The van der Waals surface area contributed by atoms with Crippen LogP contribution in [0, 0.1) is 11.3 Å². The summed E-state index contributed by atoms with van der Waals surface area (Å²) in [5.41, 5.74) is 0.526. The maximum atomic E-state index is 12.6. The molecule has 2 unspecified atom stereocenters. The summed E-state index contributed by atoms with van der Waals surface area (Å²) < 4.78 is 11.0. The zero-order valence-electron chi connectivity index (χ0n) is 12.1. The highest BCUT2D eigenvalue weighted by Crippen LogP contribution is 2.44. The van der Waals surface area contributed by atoms with Gasteiger partial charge < -0.3 is 19.5 Å². The third kappa shape index (κ3) is 1.80. The maximum Gasteiger partial charge on any atom is 0.332 e. The molecule has 23 heavy (non-hydrogen) atoms. The number of aliphatic hydroxyl groups is 1. The fourth-order valence-corrected chi connectivity index (χ4v) is 3.25. The molecule has 1 aromatic carbocycles. The number of fused-ring (bicyclic) bond motifs is 2. The number of anilines is 1. The van der Waals surface area contributed by atoms with Crippen molar-refractivity contribution in [3.8, 4) is 17.6 Å². The van der Waals surface area contributed by atoms with E-state index in [1.165, 1.54) is 17.0 Å². The van der Waals surface area contributed by atoms with Gasteiger partial charge in [-0.2, -0.15) is 5.26 Å². The van der Waals surface area contributed by atoms with Crippen LogP contribution in [0.4, 0.5) is 10.5 Å². The first-order valence-corrected chi connectivity index (χ1v) is 7.29. The lowest BCUT2D eigenvalue weighted by molar-refractivity contribution is -0.121. The molecule has 0 aromatic heterocycles. The number of hydrogen-bond acceptors (Lipinski definition) is 6. The number of urea groups is 1. The van der Waals surface area contributed by atoms with Gasteiger partial charge in [0.15, 0.2) is 11.5 Å². The second-order valence-electron chi connectivity index (χ2n) is 5.55. The van der Waals surface area contributed by atoms with E-state index in [1.54, 1.807) is 0 Å². The monoisotopic (exact) mass is 315 g/mol. The van der Waals surface area contributed by atoms with E-state index >= 15 is 0 Å². The van der Waals surface area contributed by atoms with Gasteiger partial charge in [-0.25, -0.2) is 9.69 Å². The van der Waals surface area contributed by atoms with Crippen molar-refractivity contribution in [1.29, 1.82) is 5.26 Å². The summed E-state index contributed by atoms with van der Waals surface area (Å²) in [5, 5.41) is 19.1. The Hall–Kier alpha value is -2.79. The van der Waals surface area contributed by atoms with Crippen LogP contribution in [0.15, 0.2) is 12.1 Å². The molecule has 0 spiro atoms. The summed E-state index contributed by atoms with van der Waals surface area (Å²) in [7, 11) is 0. The van der Waals surface area contributed by atoms with Crippen LogP contribution in [0.2, 0.25) is 0 Å². The lowest BCUT2D eigenvalue weighted by atomic mass is 10.1. The molecule has 2 atom stereocenters. The molecule has 0 bridgehead atoms. The molecular formula is C15H13N3O5. The minimum absolute atomic E-state index is 0.215. The molecule has 1 aromatic rings. The summed E-state index contributed by atoms with van der Waals surface area (Å²) >= 11 is 0. The molecule has 3 heterocycles. The van der Waals surface area contributed by atoms with Crippen molar-refractivity contribution in [3.63, 3.8) is 0 Å². The third-order valence-corrected chi connectivity index (χ3v) is 4.31. The van der Waals surface area contributed by atoms with Gasteiger partial charge in [0.1, 0.15) is 25.3 Å². The van der Waals surface area contributed by atoms with Crippen molar-refractivity contribution < 1.29 is 24.2 Å². The standard InChI is InChI=1S/C15H13N3O5/c16-7-8-1-2-9(13-12(8)22-5-6-23-13)18-14(20)11-10(19)3-4-17(11)15(18)21/h1-2,10-11,19H,3-6H2. The molecule has 4 rings (SSSR count). The first-order chi connectivity index (χ1) is 11.1. The van der Waals surface area contributed by atoms with E-state index in [1.807, 2.05) is 6.07 Å². The van der Waals surface area contributed by atoms with Gasteiger partial charge >= 0.3 is 6.03 Å². The summed E-state index contributed by atoms with van der Waals surface area (Å²) in [5.74, 6) is -0.0294. The molecule has 118 valence electrons. The van der Waals surface area contributed by atoms with Crippen LogP contribution >= 0.6 is 0 Å². The van der Waals surface area contributed by atoms with Gasteiger partial charge in [-0.05, 0) is 18.6 Å². The van der Waals surface area contributed by atoms with Crippen molar-refractivity contribution in [2.75, 3.05) is 24.7 Å². The van der Waals surface area contributed by atoms with Gasteiger partial charge in [-0.1, -0.05) is 0 Å². The Morgan fingerprint density at radius 3 is 2.65 bits per heavy atom. The van der Waals surface area contributed by atoms with Crippen LogP contribution in [0.1, 0.15) is 12.0 Å². The minimum Gasteiger partial charge on any atom is -0.485 e. The molecule has 3 aliphatic heterocycles. The van der Waals surface area contributed by atoms with E-state index in [2.05, 4.69) is 0 Å². The normalized spacial score (nSPS) is 25.6. The molecule has 1 N–H and O–H groups in total. The van der Waals surface area contributed by atoms with Crippen molar-refractivity contribution in [1.82, 2.24) is 4.90 Å². The molecule has 2 saturated heterocycles. The number of carbonyl (C=O) groups excluding carboxylic acids is 2. The lowest BCUT2D eigenvalue weighted by Crippen LogP contribution is -2.36. The average Bonchev–Trinajstić information content (AvgIpc) is 3.07. The van der Waals surface area contributed by atoms with Crippen molar-refractivity contribution >= 4 is 17.6 Å². The van der Waals surface area contributed by atoms with Gasteiger partial charge in [0.2, 0.25) is 0 Å². The van der Waals surface area contributed by atoms with Gasteiger partial charge in [0, 0.05) is 6.54 Å². The highest BCUT2D eigenvalue weighted by molar-refractivity contribution is 6.22. The first kappa shape index (κ1) is 13.8. The third-order valence-electron chi connectivity index (χ3n) is 4.31. The van der Waals surface area contributed by atoms with E-state index in [4.69, 9.17) is 14.7 Å². The number of hydrogen-bond donors (Lipinski definition) is 1. The van der Waals surface area contributed by atoms with E-state index in [-0.39, 0.29) is 29.4 Å². The Balaban J connectivity index is 1.81. The fourth-order valence-electron chi connectivity index (χ4n) is 3.25. The van der Waals surface area contributed by atoms with Crippen molar-refractivity contribution in [3.05, 3.63) is 17.7 Å². The van der Waals surface area contributed by atoms with E-state index in [0.717, 1.165) is 4.90 Å². The van der Waals surface area contributed by atoms with Crippen LogP contribution in [0.5, 0.6) is 11.5 Å². The van der Waals surface area contributed by atoms with E-state index < -0.39 is 24.1 Å². The molecule has 8 nitrogen and oxygen atoms in total. The highest BCUT2D eigenvalue weighted by atomic mass is 16.6. The molecule has 3 amide bonds. The number of rotatable bonds is 1. The quantitative estimate of drug-likeness (QED) is 0.744. The Bertz CT molecular complexity index is 756. The van der Waals surface area contributed by atoms with Gasteiger partial charge in [0.25, 0.3) is 5.91 Å². The number of aliphatic hydroxyl groups excluding tert-OH is 1. The molecule has 0 saturated carbocycles. The van der Waals surface area contributed by atoms with Gasteiger partial charge in [-0.3, -0.25) is 4.79 Å². The van der Waals surface area contributed by atoms with Gasteiger partial charge in [0.05, 0.1) is 17.4 Å². The van der Waals surface area contributed by atoms with Crippen LogP contribution in [-0.2, 0) is 4.79 Å². The van der Waals surface area contributed by atoms with Crippen LogP contribution in [0.25, 0.3) is 0 Å². The van der Waals surface area contributed by atoms with E-state index in [9.17, 15) is 14.7 Å². The number of ether oxygens (including phenoxy) is 2. The molecule has 0 aliphatic carbocycles. The molecular weight excluding hydrogens is 302 g/mol. The number of nitriles is 1. The molecule has 2 fully saturated rings. The summed E-state index contributed by atoms with van der Waals surface area (Å²) in [4.78, 5) is 27.5. The van der Waals surface area contributed by atoms with Crippen molar-refractivity contribution in [2.24, 2.45) is 0 Å². The summed E-state index contributed by atoms with van der Waals surface area (Å²) in [6.07, 6.45) is -0.469. The Kier molecular flexibility index (Phi) is 2.92. The van der Waals surface area contributed by atoms with Crippen LogP contribution < -0.4 is 14.4 Å². The van der Waals surface area contributed by atoms with Gasteiger partial charge in [-0.15, -0.1) is 0 Å². The zero-order chi connectivity index (χ0) is 16.1. The first-order valence-electron chi connectivity index (χ1n) is 7.29. The number of imide groups is 1. The summed E-state index contributed by atoms with van der Waals surface area (Å²) in [6.45, 7) is 0.893. The summed E-state index contributed by atoms with van der Waals surface area (Å²) in [6, 6.07) is 3.65. The number of nitrogens with zero attached hydrogens (tertiary/aromatic N) is 3.